The molecular weight excluding hydrogens is 208 g/mol. The largest absolute Gasteiger partial charge is 0.368 e. The molecule has 2 N–H and O–H groups in total. The smallest absolute Gasteiger partial charge is 0.0365 e. The first-order chi connectivity index (χ1) is 8.29. The fourth-order valence-corrected chi connectivity index (χ4v) is 1.13. The number of rotatable bonds is 6. The van der Waals surface area contributed by atoms with Crippen molar-refractivity contribution < 1.29 is 0 Å². The molecule has 0 aliphatic heterocycles. The molecule has 0 bridgehead atoms. The van der Waals surface area contributed by atoms with Crippen LogP contribution in [0.3, 0.4) is 0 Å². The van der Waals surface area contributed by atoms with Gasteiger partial charge < -0.3 is 10.6 Å². The summed E-state index contributed by atoms with van der Waals surface area (Å²) in [5.74, 6) is 0. The van der Waals surface area contributed by atoms with E-state index in [1.165, 1.54) is 12.7 Å². The van der Waals surface area contributed by atoms with Gasteiger partial charge in [-0.15, -0.1) is 6.58 Å². The second-order valence-corrected chi connectivity index (χ2v) is 2.65. The van der Waals surface area contributed by atoms with Gasteiger partial charge in [0.2, 0.25) is 0 Å². The Labute approximate surface area is 108 Å². The number of hydrogen-bond donors (Lipinski definition) is 1. The molecule has 2 nitrogen and oxygen atoms in total. The van der Waals surface area contributed by atoms with Crippen LogP contribution in [0.2, 0.25) is 0 Å². The van der Waals surface area contributed by atoms with Gasteiger partial charge in [0.15, 0.2) is 0 Å². The van der Waals surface area contributed by atoms with E-state index in [4.69, 9.17) is 0 Å². The zero-order chi connectivity index (χ0) is 14.1. The van der Waals surface area contributed by atoms with Gasteiger partial charge in [-0.1, -0.05) is 38.7 Å². The highest BCUT2D eigenvalue weighted by molar-refractivity contribution is 5.22. The zero-order valence-corrected chi connectivity index (χ0v) is 12.2. The van der Waals surface area contributed by atoms with Gasteiger partial charge in [-0.2, -0.15) is 0 Å². The van der Waals surface area contributed by atoms with Crippen LogP contribution in [-0.2, 0) is 0 Å². The van der Waals surface area contributed by atoms with Gasteiger partial charge in [-0.3, -0.25) is 0 Å². The van der Waals surface area contributed by atoms with Gasteiger partial charge >= 0.3 is 0 Å². The lowest BCUT2D eigenvalue weighted by Gasteiger charge is -2.22. The molecule has 0 aromatic heterocycles. The van der Waals surface area contributed by atoms with Crippen molar-refractivity contribution in [1.82, 2.24) is 4.90 Å². The topological polar surface area (TPSA) is 29.3 Å². The molecule has 0 fully saturated rings. The average molecular weight is 238 g/mol. The summed E-state index contributed by atoms with van der Waals surface area (Å²) in [5.41, 5.74) is 5.68. The van der Waals surface area contributed by atoms with Gasteiger partial charge in [-0.05, 0) is 33.0 Å². The van der Waals surface area contributed by atoms with Gasteiger partial charge in [-0.25, -0.2) is 0 Å². The van der Waals surface area contributed by atoms with Crippen molar-refractivity contribution in [1.29, 1.82) is 0 Å². The van der Waals surface area contributed by atoms with Crippen molar-refractivity contribution in [2.24, 2.45) is 5.73 Å². The van der Waals surface area contributed by atoms with E-state index < -0.39 is 0 Å². The lowest BCUT2D eigenvalue weighted by Crippen LogP contribution is -2.21. The minimum Gasteiger partial charge on any atom is -0.368 e. The Hall–Kier alpha value is -1.28. The molecule has 0 heterocycles. The van der Waals surface area contributed by atoms with E-state index >= 15 is 0 Å². The van der Waals surface area contributed by atoms with Crippen molar-refractivity contribution in [2.75, 3.05) is 20.1 Å². The number of hydrogen-bond acceptors (Lipinski definition) is 2. The first-order valence-electron chi connectivity index (χ1n) is 6.19. The molecule has 0 aromatic carbocycles. The average Bonchev–Trinajstić information content (AvgIpc) is 2.40. The Balaban J connectivity index is -0.000000439. The van der Waals surface area contributed by atoms with Crippen LogP contribution in [0, 0.1) is 0 Å². The Morgan fingerprint density at radius 2 is 1.76 bits per heavy atom. The maximum absolute atomic E-state index is 4.50. The van der Waals surface area contributed by atoms with Crippen LogP contribution < -0.4 is 5.73 Å². The molecular formula is C15H30N2. The van der Waals surface area contributed by atoms with E-state index in [9.17, 15) is 0 Å². The van der Waals surface area contributed by atoms with E-state index in [1.54, 1.807) is 6.08 Å². The van der Waals surface area contributed by atoms with E-state index in [1.807, 2.05) is 39.0 Å². The van der Waals surface area contributed by atoms with Crippen LogP contribution in [0.1, 0.15) is 27.7 Å². The lowest BCUT2D eigenvalue weighted by molar-refractivity contribution is 0.414. The Bertz CT molecular complexity index is 215. The van der Waals surface area contributed by atoms with Crippen LogP contribution >= 0.6 is 0 Å². The molecule has 0 spiro atoms. The maximum Gasteiger partial charge on any atom is 0.0365 e. The molecule has 0 radical (unpaired) electrons. The number of allylic oxidation sites excluding steroid dienone is 4. The predicted octanol–water partition coefficient (Wildman–Crippen LogP) is 3.74. The third-order valence-corrected chi connectivity index (χ3v) is 1.72. The Kier molecular flexibility index (Phi) is 25.0. The maximum atomic E-state index is 4.50. The fourth-order valence-electron chi connectivity index (χ4n) is 1.13. The van der Waals surface area contributed by atoms with Crippen LogP contribution in [0.25, 0.3) is 0 Å². The Morgan fingerprint density at radius 3 is 2.06 bits per heavy atom. The van der Waals surface area contributed by atoms with Gasteiger partial charge in [0.1, 0.15) is 0 Å². The summed E-state index contributed by atoms with van der Waals surface area (Å²) >= 11 is 0. The summed E-state index contributed by atoms with van der Waals surface area (Å²) in [4.78, 5) is 2.23. The summed E-state index contributed by atoms with van der Waals surface area (Å²) in [6, 6.07) is 0. The Morgan fingerprint density at radius 1 is 1.24 bits per heavy atom. The van der Waals surface area contributed by atoms with Crippen molar-refractivity contribution in [3.05, 3.63) is 49.2 Å². The molecule has 2 heteroatoms. The van der Waals surface area contributed by atoms with Gasteiger partial charge in [0.25, 0.3) is 0 Å². The molecule has 0 saturated heterocycles. The molecule has 0 atom stereocenters. The normalized spacial score (nSPS) is 9.65. The highest BCUT2D eigenvalue weighted by atomic mass is 15.1. The summed E-state index contributed by atoms with van der Waals surface area (Å²) < 4.78 is 0. The molecule has 0 aliphatic carbocycles. The minimum absolute atomic E-state index is 0.876. The molecule has 0 aromatic rings. The third kappa shape index (κ3) is 12.7. The van der Waals surface area contributed by atoms with Crippen LogP contribution in [0.15, 0.2) is 49.2 Å². The summed E-state index contributed by atoms with van der Waals surface area (Å²) in [6.07, 6.45) is 9.83. The predicted molar refractivity (Wildman–Crippen MR) is 82.0 cm³/mol. The molecule has 0 amide bonds. The number of likely N-dealkylation sites (N-methyl/N-ethyl adjacent to an activating group) is 1. The van der Waals surface area contributed by atoms with Crippen LogP contribution in [-0.4, -0.2) is 25.0 Å². The van der Waals surface area contributed by atoms with E-state index in [2.05, 4.69) is 36.8 Å². The molecule has 0 aliphatic rings. The fraction of sp³-hybridized carbons (Fsp3) is 0.467. The monoisotopic (exact) mass is 238 g/mol. The summed E-state index contributed by atoms with van der Waals surface area (Å²) in [6.45, 7) is 17.4. The minimum atomic E-state index is 0.876. The molecule has 0 rings (SSSR count). The van der Waals surface area contributed by atoms with Crippen LogP contribution in [0.5, 0.6) is 0 Å². The van der Waals surface area contributed by atoms with Crippen molar-refractivity contribution in [3.63, 3.8) is 0 Å². The molecule has 100 valence electrons. The van der Waals surface area contributed by atoms with Crippen molar-refractivity contribution >= 4 is 0 Å². The van der Waals surface area contributed by atoms with Crippen molar-refractivity contribution in [3.8, 4) is 0 Å². The standard InChI is InChI=1S/C12H19N.C2H6.CH5N/c1-5-9-12(10-6-2)13(8-4)11-7-3;2*1-2/h5-7,9-10H,1,3,8,11H2,2,4H3;1-2H3;2H2,1H3/b10-6-,12-9+;;. The summed E-state index contributed by atoms with van der Waals surface area (Å²) in [5, 5.41) is 0. The van der Waals surface area contributed by atoms with Gasteiger partial charge in [0, 0.05) is 18.8 Å². The molecule has 0 saturated carbocycles. The second-order valence-electron chi connectivity index (χ2n) is 2.65. The number of nitrogens with zero attached hydrogens (tertiary/aromatic N) is 1. The van der Waals surface area contributed by atoms with Crippen LogP contribution in [0.4, 0.5) is 0 Å². The zero-order valence-electron chi connectivity index (χ0n) is 12.2. The first-order valence-corrected chi connectivity index (χ1v) is 6.19. The second kappa shape index (κ2) is 20.2. The number of nitrogens with two attached hydrogens (primary N) is 1. The SMILES string of the molecule is C=C/C=C(\C=C/C)N(CC)CC=C.CC.CN. The van der Waals surface area contributed by atoms with E-state index in [0.29, 0.717) is 0 Å². The lowest BCUT2D eigenvalue weighted by atomic mass is 10.3. The third-order valence-electron chi connectivity index (χ3n) is 1.72. The highest BCUT2D eigenvalue weighted by Crippen LogP contribution is 2.06. The van der Waals surface area contributed by atoms with Gasteiger partial charge in [0.05, 0.1) is 0 Å². The first kappa shape index (κ1) is 21.1. The van der Waals surface area contributed by atoms with Crippen molar-refractivity contribution in [2.45, 2.75) is 27.7 Å². The molecule has 17 heavy (non-hydrogen) atoms. The highest BCUT2D eigenvalue weighted by Gasteiger charge is 1.99. The summed E-state index contributed by atoms with van der Waals surface area (Å²) in [7, 11) is 1.50. The quantitative estimate of drug-likeness (QED) is 0.564. The molecule has 0 unspecified atom stereocenters. The van der Waals surface area contributed by atoms with E-state index in [0.717, 1.165) is 13.1 Å². The van der Waals surface area contributed by atoms with E-state index in [-0.39, 0.29) is 0 Å².